The second-order valence-electron chi connectivity index (χ2n) is 4.90. The van der Waals surface area contributed by atoms with Crippen molar-refractivity contribution in [3.8, 4) is 0 Å². The Bertz CT molecular complexity index is 645. The highest BCUT2D eigenvalue weighted by Crippen LogP contribution is 2.31. The first-order chi connectivity index (χ1) is 9.24. The molecule has 1 unspecified atom stereocenters. The molecule has 0 aromatic carbocycles. The zero-order valence-electron chi connectivity index (χ0n) is 10.5. The molecule has 3 rings (SSSR count). The van der Waals surface area contributed by atoms with E-state index < -0.39 is 5.97 Å². The lowest BCUT2D eigenvalue weighted by atomic mass is 9.86. The van der Waals surface area contributed by atoms with Crippen molar-refractivity contribution in [1.82, 2.24) is 14.6 Å². The Kier molecular flexibility index (Phi) is 3.03. The molecule has 0 spiro atoms. The molecule has 1 aliphatic rings. The highest BCUT2D eigenvalue weighted by molar-refractivity contribution is 5.68. The molecule has 19 heavy (non-hydrogen) atoms. The van der Waals surface area contributed by atoms with E-state index in [0.29, 0.717) is 0 Å². The summed E-state index contributed by atoms with van der Waals surface area (Å²) in [6.45, 7) is 0. The van der Waals surface area contributed by atoms with E-state index in [1.807, 2.05) is 16.6 Å². The fraction of sp³-hybridized carbons (Fsp3) is 0.357. The minimum Gasteiger partial charge on any atom is -0.481 e. The molecular weight excluding hydrogens is 242 g/mol. The standard InChI is InChI=1S/C14H15N3O2/c18-14(19)9-10-1-3-11(4-2-10)12-5-7-15-13-6-8-16-17(12)13/h3,5-8,10H,1-2,4,9H2,(H,18,19). The number of fused-ring (bicyclic) bond motifs is 1. The molecule has 0 aliphatic heterocycles. The number of carboxylic acids is 1. The highest BCUT2D eigenvalue weighted by atomic mass is 16.4. The Hall–Kier alpha value is -2.17. The topological polar surface area (TPSA) is 67.5 Å². The summed E-state index contributed by atoms with van der Waals surface area (Å²) in [5.74, 6) is -0.448. The van der Waals surface area contributed by atoms with Gasteiger partial charge in [0.25, 0.3) is 0 Å². The second-order valence-corrected chi connectivity index (χ2v) is 4.90. The summed E-state index contributed by atoms with van der Waals surface area (Å²) in [6, 6.07) is 3.84. The van der Waals surface area contributed by atoms with Crippen molar-refractivity contribution in [2.75, 3.05) is 0 Å². The number of aromatic nitrogens is 3. The van der Waals surface area contributed by atoms with Crippen LogP contribution in [0.1, 0.15) is 31.4 Å². The number of hydrogen-bond donors (Lipinski definition) is 1. The lowest BCUT2D eigenvalue weighted by Crippen LogP contribution is -2.11. The molecule has 2 aromatic heterocycles. The van der Waals surface area contributed by atoms with E-state index in [9.17, 15) is 4.79 Å². The number of carbonyl (C=O) groups is 1. The normalized spacial score (nSPS) is 19.4. The minimum absolute atomic E-state index is 0.260. The molecule has 0 fully saturated rings. The van der Waals surface area contributed by atoms with Crippen LogP contribution in [0.25, 0.3) is 11.2 Å². The lowest BCUT2D eigenvalue weighted by molar-refractivity contribution is -0.138. The van der Waals surface area contributed by atoms with Gasteiger partial charge in [-0.2, -0.15) is 5.10 Å². The monoisotopic (exact) mass is 257 g/mol. The number of carboxylic acid groups (broad SMARTS) is 1. The molecule has 98 valence electrons. The van der Waals surface area contributed by atoms with Crippen molar-refractivity contribution < 1.29 is 9.90 Å². The van der Waals surface area contributed by atoms with Gasteiger partial charge in [-0.05, 0) is 36.8 Å². The molecule has 2 heterocycles. The van der Waals surface area contributed by atoms with E-state index in [0.717, 1.165) is 30.6 Å². The van der Waals surface area contributed by atoms with Crippen LogP contribution < -0.4 is 0 Å². The Labute approximate surface area is 110 Å². The van der Waals surface area contributed by atoms with Crippen LogP contribution in [-0.2, 0) is 4.79 Å². The molecule has 0 radical (unpaired) electrons. The Balaban J connectivity index is 1.86. The van der Waals surface area contributed by atoms with E-state index >= 15 is 0 Å². The molecule has 1 aliphatic carbocycles. The summed E-state index contributed by atoms with van der Waals surface area (Å²) in [5, 5.41) is 13.1. The number of nitrogens with zero attached hydrogens (tertiary/aromatic N) is 3. The predicted molar refractivity (Wildman–Crippen MR) is 70.6 cm³/mol. The summed E-state index contributed by atoms with van der Waals surface area (Å²) in [7, 11) is 0. The molecule has 2 aromatic rings. The molecule has 5 nitrogen and oxygen atoms in total. The summed E-state index contributed by atoms with van der Waals surface area (Å²) >= 11 is 0. The number of allylic oxidation sites excluding steroid dienone is 2. The van der Waals surface area contributed by atoms with Gasteiger partial charge >= 0.3 is 5.97 Å². The number of hydrogen-bond acceptors (Lipinski definition) is 3. The van der Waals surface area contributed by atoms with Crippen molar-refractivity contribution in [2.24, 2.45) is 5.92 Å². The smallest absolute Gasteiger partial charge is 0.303 e. The van der Waals surface area contributed by atoms with Gasteiger partial charge in [0.1, 0.15) is 0 Å². The molecular formula is C14H15N3O2. The zero-order valence-corrected chi connectivity index (χ0v) is 10.5. The van der Waals surface area contributed by atoms with Crippen LogP contribution in [0.3, 0.4) is 0 Å². The molecule has 0 bridgehead atoms. The molecule has 0 saturated carbocycles. The summed E-state index contributed by atoms with van der Waals surface area (Å²) in [5.41, 5.74) is 3.13. The van der Waals surface area contributed by atoms with E-state index in [2.05, 4.69) is 16.2 Å². The van der Waals surface area contributed by atoms with Crippen LogP contribution in [0.5, 0.6) is 0 Å². The van der Waals surface area contributed by atoms with Crippen LogP contribution >= 0.6 is 0 Å². The largest absolute Gasteiger partial charge is 0.481 e. The van der Waals surface area contributed by atoms with Crippen molar-refractivity contribution in [3.63, 3.8) is 0 Å². The van der Waals surface area contributed by atoms with E-state index in [1.165, 1.54) is 5.57 Å². The summed E-state index contributed by atoms with van der Waals surface area (Å²) in [6.07, 6.45) is 8.58. The first kappa shape index (κ1) is 11.9. The van der Waals surface area contributed by atoms with Crippen molar-refractivity contribution in [1.29, 1.82) is 0 Å². The maximum atomic E-state index is 10.7. The van der Waals surface area contributed by atoms with E-state index in [4.69, 9.17) is 5.11 Å². The Morgan fingerprint density at radius 2 is 2.32 bits per heavy atom. The predicted octanol–water partition coefficient (Wildman–Crippen LogP) is 2.39. The van der Waals surface area contributed by atoms with Gasteiger partial charge in [0.05, 0.1) is 11.9 Å². The van der Waals surface area contributed by atoms with Crippen molar-refractivity contribution in [3.05, 3.63) is 36.3 Å². The van der Waals surface area contributed by atoms with Gasteiger partial charge in [0.2, 0.25) is 0 Å². The maximum Gasteiger partial charge on any atom is 0.303 e. The minimum atomic E-state index is -0.708. The fourth-order valence-electron chi connectivity index (χ4n) is 2.63. The fourth-order valence-corrected chi connectivity index (χ4v) is 2.63. The quantitative estimate of drug-likeness (QED) is 0.916. The van der Waals surface area contributed by atoms with Gasteiger partial charge in [-0.25, -0.2) is 9.50 Å². The first-order valence-corrected chi connectivity index (χ1v) is 6.44. The average Bonchev–Trinajstić information content (AvgIpc) is 2.87. The van der Waals surface area contributed by atoms with Crippen LogP contribution in [0.15, 0.2) is 30.6 Å². The molecule has 1 atom stereocenters. The SMILES string of the molecule is O=C(O)CC1CC=C(c2ccnc3ccnn23)CC1. The molecule has 5 heteroatoms. The molecule has 0 amide bonds. The van der Waals surface area contributed by atoms with Gasteiger partial charge in [-0.3, -0.25) is 4.79 Å². The van der Waals surface area contributed by atoms with Gasteiger partial charge in [-0.15, -0.1) is 0 Å². The average molecular weight is 257 g/mol. The molecule has 0 saturated heterocycles. The van der Waals surface area contributed by atoms with Gasteiger partial charge in [0.15, 0.2) is 5.65 Å². The third kappa shape index (κ3) is 2.36. The second kappa shape index (κ2) is 4.84. The molecule has 1 N–H and O–H groups in total. The number of aliphatic carboxylic acids is 1. The van der Waals surface area contributed by atoms with Gasteiger partial charge < -0.3 is 5.11 Å². The van der Waals surface area contributed by atoms with Gasteiger partial charge in [0, 0.05) is 18.7 Å². The van der Waals surface area contributed by atoms with Crippen LogP contribution in [0.2, 0.25) is 0 Å². The van der Waals surface area contributed by atoms with E-state index in [-0.39, 0.29) is 12.3 Å². The lowest BCUT2D eigenvalue weighted by Gasteiger charge is -2.20. The zero-order chi connectivity index (χ0) is 13.2. The van der Waals surface area contributed by atoms with Crippen LogP contribution in [0, 0.1) is 5.92 Å². The third-order valence-corrected chi connectivity index (χ3v) is 3.60. The van der Waals surface area contributed by atoms with Crippen LogP contribution in [0.4, 0.5) is 0 Å². The van der Waals surface area contributed by atoms with E-state index in [1.54, 1.807) is 12.4 Å². The van der Waals surface area contributed by atoms with Gasteiger partial charge in [-0.1, -0.05) is 6.08 Å². The highest BCUT2D eigenvalue weighted by Gasteiger charge is 2.19. The van der Waals surface area contributed by atoms with Crippen LogP contribution in [-0.4, -0.2) is 25.7 Å². The number of rotatable bonds is 3. The Morgan fingerprint density at radius 1 is 1.42 bits per heavy atom. The first-order valence-electron chi connectivity index (χ1n) is 6.44. The van der Waals surface area contributed by atoms with Crippen molar-refractivity contribution in [2.45, 2.75) is 25.7 Å². The third-order valence-electron chi connectivity index (χ3n) is 3.60. The Morgan fingerprint density at radius 3 is 3.05 bits per heavy atom. The summed E-state index contributed by atoms with van der Waals surface area (Å²) < 4.78 is 1.84. The van der Waals surface area contributed by atoms with Crippen molar-refractivity contribution >= 4 is 17.2 Å². The maximum absolute atomic E-state index is 10.7. The summed E-state index contributed by atoms with van der Waals surface area (Å²) in [4.78, 5) is 15.0.